The molecule has 1 aromatic rings. The van der Waals surface area contributed by atoms with Gasteiger partial charge in [-0.15, -0.1) is 0 Å². The number of carbonyl (C=O) groups excluding carboxylic acids is 2. The SMILES string of the molecule is NNC(=O)C1CCCN(C(=O)CCc2ccccc2)C1. The van der Waals surface area contributed by atoms with Crippen molar-refractivity contribution in [3.8, 4) is 0 Å². The summed E-state index contributed by atoms with van der Waals surface area (Å²) in [6, 6.07) is 9.96. The van der Waals surface area contributed by atoms with Crippen molar-refractivity contribution in [3.63, 3.8) is 0 Å². The molecule has 1 aromatic carbocycles. The van der Waals surface area contributed by atoms with Gasteiger partial charge < -0.3 is 4.90 Å². The fraction of sp³-hybridized carbons (Fsp3) is 0.467. The Kier molecular flexibility index (Phi) is 5.12. The van der Waals surface area contributed by atoms with Crippen LogP contribution in [0.3, 0.4) is 0 Å². The van der Waals surface area contributed by atoms with Crippen molar-refractivity contribution in [2.75, 3.05) is 13.1 Å². The Morgan fingerprint density at radius 3 is 2.75 bits per heavy atom. The van der Waals surface area contributed by atoms with Gasteiger partial charge in [0.05, 0.1) is 5.92 Å². The molecule has 0 radical (unpaired) electrons. The molecule has 2 amide bonds. The lowest BCUT2D eigenvalue weighted by Crippen LogP contribution is -2.47. The summed E-state index contributed by atoms with van der Waals surface area (Å²) in [5, 5.41) is 0. The van der Waals surface area contributed by atoms with E-state index in [4.69, 9.17) is 5.84 Å². The lowest BCUT2D eigenvalue weighted by Gasteiger charge is -2.31. The van der Waals surface area contributed by atoms with Gasteiger partial charge in [-0.3, -0.25) is 15.0 Å². The Morgan fingerprint density at radius 2 is 2.05 bits per heavy atom. The number of hydrazine groups is 1. The van der Waals surface area contributed by atoms with Gasteiger partial charge in [-0.05, 0) is 24.8 Å². The Morgan fingerprint density at radius 1 is 1.30 bits per heavy atom. The van der Waals surface area contributed by atoms with Gasteiger partial charge in [0.15, 0.2) is 0 Å². The third-order valence-electron chi connectivity index (χ3n) is 3.76. The highest BCUT2D eigenvalue weighted by molar-refractivity contribution is 5.81. The molecular formula is C15H21N3O2. The van der Waals surface area contributed by atoms with E-state index < -0.39 is 0 Å². The van der Waals surface area contributed by atoms with Crippen LogP contribution in [0.15, 0.2) is 30.3 Å². The number of nitrogens with one attached hydrogen (secondary N) is 1. The summed E-state index contributed by atoms with van der Waals surface area (Å²) in [5.74, 6) is 4.92. The molecule has 1 fully saturated rings. The van der Waals surface area contributed by atoms with Crippen molar-refractivity contribution < 1.29 is 9.59 Å². The number of hydrogen-bond donors (Lipinski definition) is 2. The van der Waals surface area contributed by atoms with Gasteiger partial charge >= 0.3 is 0 Å². The fourth-order valence-corrected chi connectivity index (χ4v) is 2.59. The van der Waals surface area contributed by atoms with Crippen LogP contribution in [0, 0.1) is 5.92 Å². The van der Waals surface area contributed by atoms with Crippen LogP contribution in [0.25, 0.3) is 0 Å². The molecule has 2 rings (SSSR count). The number of likely N-dealkylation sites (tertiary alicyclic amines) is 1. The van der Waals surface area contributed by atoms with E-state index >= 15 is 0 Å². The van der Waals surface area contributed by atoms with Crippen molar-refractivity contribution >= 4 is 11.8 Å². The van der Waals surface area contributed by atoms with Gasteiger partial charge in [0.25, 0.3) is 0 Å². The Labute approximate surface area is 119 Å². The number of carbonyl (C=O) groups is 2. The lowest BCUT2D eigenvalue weighted by molar-refractivity contribution is -0.135. The molecule has 0 saturated carbocycles. The molecule has 1 atom stereocenters. The van der Waals surface area contributed by atoms with Crippen LogP contribution in [-0.4, -0.2) is 29.8 Å². The molecule has 0 spiro atoms. The lowest BCUT2D eigenvalue weighted by atomic mass is 9.97. The minimum Gasteiger partial charge on any atom is -0.342 e. The van der Waals surface area contributed by atoms with E-state index in [1.165, 1.54) is 0 Å². The summed E-state index contributed by atoms with van der Waals surface area (Å²) in [6.45, 7) is 1.22. The van der Waals surface area contributed by atoms with E-state index in [2.05, 4.69) is 5.43 Å². The summed E-state index contributed by atoms with van der Waals surface area (Å²) in [4.78, 5) is 25.5. The van der Waals surface area contributed by atoms with Gasteiger partial charge in [0, 0.05) is 19.5 Å². The van der Waals surface area contributed by atoms with Crippen molar-refractivity contribution in [1.29, 1.82) is 0 Å². The molecule has 5 heteroatoms. The molecule has 0 aliphatic carbocycles. The summed E-state index contributed by atoms with van der Waals surface area (Å²) in [6.07, 6.45) is 2.88. The second-order valence-electron chi connectivity index (χ2n) is 5.17. The number of hydrogen-bond acceptors (Lipinski definition) is 3. The number of nitrogens with zero attached hydrogens (tertiary/aromatic N) is 1. The molecule has 3 N–H and O–H groups in total. The molecular weight excluding hydrogens is 254 g/mol. The van der Waals surface area contributed by atoms with Crippen LogP contribution in [-0.2, 0) is 16.0 Å². The molecule has 20 heavy (non-hydrogen) atoms. The van der Waals surface area contributed by atoms with Gasteiger partial charge in [0.1, 0.15) is 0 Å². The number of rotatable bonds is 4. The van der Waals surface area contributed by atoms with E-state index in [-0.39, 0.29) is 17.7 Å². The maximum Gasteiger partial charge on any atom is 0.238 e. The molecule has 5 nitrogen and oxygen atoms in total. The second-order valence-corrected chi connectivity index (χ2v) is 5.17. The second kappa shape index (κ2) is 7.05. The minimum atomic E-state index is -0.175. The van der Waals surface area contributed by atoms with Crippen LogP contribution >= 0.6 is 0 Å². The zero-order valence-corrected chi connectivity index (χ0v) is 11.5. The first-order valence-electron chi connectivity index (χ1n) is 7.03. The molecule has 0 aromatic heterocycles. The number of nitrogens with two attached hydrogens (primary N) is 1. The summed E-state index contributed by atoms with van der Waals surface area (Å²) < 4.78 is 0. The maximum absolute atomic E-state index is 12.2. The van der Waals surface area contributed by atoms with E-state index in [0.717, 1.165) is 31.4 Å². The standard InChI is InChI=1S/C15H21N3O2/c16-17-15(20)13-7-4-10-18(11-13)14(19)9-8-12-5-2-1-3-6-12/h1-3,5-6,13H,4,7-11,16H2,(H,17,20). The highest BCUT2D eigenvalue weighted by Crippen LogP contribution is 2.17. The third kappa shape index (κ3) is 3.81. The van der Waals surface area contributed by atoms with Crippen molar-refractivity contribution in [3.05, 3.63) is 35.9 Å². The number of amides is 2. The highest BCUT2D eigenvalue weighted by Gasteiger charge is 2.27. The first kappa shape index (κ1) is 14.5. The number of benzene rings is 1. The number of aryl methyl sites for hydroxylation is 1. The van der Waals surface area contributed by atoms with Gasteiger partial charge in [-0.1, -0.05) is 30.3 Å². The average molecular weight is 275 g/mol. The normalized spacial score (nSPS) is 18.6. The predicted molar refractivity (Wildman–Crippen MR) is 76.4 cm³/mol. The topological polar surface area (TPSA) is 75.4 Å². The van der Waals surface area contributed by atoms with Gasteiger partial charge in [-0.2, -0.15) is 0 Å². The monoisotopic (exact) mass is 275 g/mol. The summed E-state index contributed by atoms with van der Waals surface area (Å²) in [7, 11) is 0. The van der Waals surface area contributed by atoms with Gasteiger partial charge in [-0.25, -0.2) is 5.84 Å². The quantitative estimate of drug-likeness (QED) is 0.486. The van der Waals surface area contributed by atoms with Crippen LogP contribution in [0.5, 0.6) is 0 Å². The van der Waals surface area contributed by atoms with E-state index in [1.54, 1.807) is 4.90 Å². The molecule has 1 aliphatic rings. The van der Waals surface area contributed by atoms with Crippen LogP contribution in [0.1, 0.15) is 24.8 Å². The Hall–Kier alpha value is -1.88. The minimum absolute atomic E-state index is 0.114. The summed E-state index contributed by atoms with van der Waals surface area (Å²) >= 11 is 0. The molecule has 0 bridgehead atoms. The molecule has 108 valence electrons. The number of piperidine rings is 1. The van der Waals surface area contributed by atoms with E-state index in [9.17, 15) is 9.59 Å². The van der Waals surface area contributed by atoms with Crippen LogP contribution in [0.2, 0.25) is 0 Å². The Bertz CT molecular complexity index is 461. The Balaban J connectivity index is 1.84. The zero-order valence-electron chi connectivity index (χ0n) is 11.5. The van der Waals surface area contributed by atoms with Crippen molar-refractivity contribution in [2.24, 2.45) is 11.8 Å². The first-order chi connectivity index (χ1) is 9.70. The van der Waals surface area contributed by atoms with Crippen LogP contribution < -0.4 is 11.3 Å². The average Bonchev–Trinajstić information content (AvgIpc) is 2.53. The van der Waals surface area contributed by atoms with Crippen LogP contribution in [0.4, 0.5) is 0 Å². The van der Waals surface area contributed by atoms with Crippen molar-refractivity contribution in [2.45, 2.75) is 25.7 Å². The third-order valence-corrected chi connectivity index (χ3v) is 3.76. The molecule has 1 heterocycles. The molecule has 1 saturated heterocycles. The van der Waals surface area contributed by atoms with Gasteiger partial charge in [0.2, 0.25) is 11.8 Å². The zero-order chi connectivity index (χ0) is 14.4. The van der Waals surface area contributed by atoms with E-state index in [0.29, 0.717) is 13.0 Å². The predicted octanol–water partition coefficient (Wildman–Crippen LogP) is 0.848. The smallest absolute Gasteiger partial charge is 0.238 e. The highest BCUT2D eigenvalue weighted by atomic mass is 16.2. The molecule has 1 unspecified atom stereocenters. The first-order valence-corrected chi connectivity index (χ1v) is 7.03. The van der Waals surface area contributed by atoms with Crippen molar-refractivity contribution in [1.82, 2.24) is 10.3 Å². The largest absolute Gasteiger partial charge is 0.342 e. The molecule has 1 aliphatic heterocycles. The maximum atomic E-state index is 12.2. The summed E-state index contributed by atoms with van der Waals surface area (Å²) in [5.41, 5.74) is 3.34. The fourth-order valence-electron chi connectivity index (χ4n) is 2.59. The van der Waals surface area contributed by atoms with E-state index in [1.807, 2.05) is 30.3 Å².